The number of sulfonamides is 1. The average Bonchev–Trinajstić information content (AvgIpc) is 2.71. The van der Waals surface area contributed by atoms with Crippen molar-refractivity contribution in [3.8, 4) is 0 Å². The Balaban J connectivity index is 1.81. The van der Waals surface area contributed by atoms with Crippen LogP contribution in [-0.4, -0.2) is 63.5 Å². The number of carbonyl (C=O) groups is 1. The molecule has 1 aromatic rings. The Bertz CT molecular complexity index is 753. The Kier molecular flexibility index (Phi) is 10.6. The van der Waals surface area contributed by atoms with E-state index in [0.29, 0.717) is 18.7 Å². The maximum absolute atomic E-state index is 12.7. The van der Waals surface area contributed by atoms with Crippen molar-refractivity contribution in [1.82, 2.24) is 14.9 Å². The summed E-state index contributed by atoms with van der Waals surface area (Å²) in [6, 6.07) is 5.90. The molecule has 2 unspecified atom stereocenters. The fraction of sp³-hybridized carbons (Fsp3) is 0.682. The van der Waals surface area contributed by atoms with Crippen LogP contribution >= 0.6 is 11.8 Å². The second-order valence-corrected chi connectivity index (χ2v) is 11.0. The summed E-state index contributed by atoms with van der Waals surface area (Å²) in [4.78, 5) is 15.4. The Labute approximate surface area is 186 Å². The van der Waals surface area contributed by atoms with Crippen molar-refractivity contribution in [1.29, 1.82) is 0 Å². The first-order chi connectivity index (χ1) is 14.3. The molecular formula is C22H37N3O3S2. The molecule has 0 saturated carbocycles. The smallest absolute Gasteiger partial charge is 0.241 e. The van der Waals surface area contributed by atoms with Crippen molar-refractivity contribution in [2.24, 2.45) is 5.92 Å². The number of thioether (sulfide) groups is 1. The molecule has 1 saturated heterocycles. The van der Waals surface area contributed by atoms with Gasteiger partial charge in [0.15, 0.2) is 0 Å². The normalized spacial score (nSPS) is 18.8. The summed E-state index contributed by atoms with van der Waals surface area (Å²) < 4.78 is 28.0. The zero-order valence-electron chi connectivity index (χ0n) is 18.5. The Morgan fingerprint density at radius 3 is 2.67 bits per heavy atom. The van der Waals surface area contributed by atoms with Crippen LogP contribution in [0.3, 0.4) is 0 Å². The lowest BCUT2D eigenvalue weighted by Gasteiger charge is -2.30. The topological polar surface area (TPSA) is 78.5 Å². The van der Waals surface area contributed by atoms with Crippen LogP contribution in [0.4, 0.5) is 0 Å². The van der Waals surface area contributed by atoms with E-state index in [1.165, 1.54) is 25.9 Å². The largest absolute Gasteiger partial charge is 0.355 e. The van der Waals surface area contributed by atoms with Crippen molar-refractivity contribution in [3.63, 3.8) is 0 Å². The minimum absolute atomic E-state index is 0.186. The van der Waals surface area contributed by atoms with Crippen LogP contribution in [-0.2, 0) is 14.8 Å². The van der Waals surface area contributed by atoms with Crippen LogP contribution in [0.15, 0.2) is 29.2 Å². The van der Waals surface area contributed by atoms with Gasteiger partial charge in [-0.15, -0.1) is 0 Å². The number of hydrogen-bond acceptors (Lipinski definition) is 5. The van der Waals surface area contributed by atoms with E-state index in [0.717, 1.165) is 30.9 Å². The quantitative estimate of drug-likeness (QED) is 0.474. The molecule has 2 atom stereocenters. The van der Waals surface area contributed by atoms with Gasteiger partial charge in [0.2, 0.25) is 15.9 Å². The van der Waals surface area contributed by atoms with Crippen LogP contribution in [0.5, 0.6) is 0 Å². The first kappa shape index (κ1) is 25.2. The number of piperidine rings is 1. The number of likely N-dealkylation sites (tertiary alicyclic amines) is 1. The standard InChI is InChI=1S/C22H37N3O3S2/c1-18-8-10-20(11-9-18)30(27,28)24-21(12-16-29-3)22(26)23-13-4-5-14-25-15-6-7-19(2)17-25/h8-11,19,21,24H,4-7,12-17H2,1-3H3,(H,23,26). The first-order valence-electron chi connectivity index (χ1n) is 10.9. The highest BCUT2D eigenvalue weighted by Crippen LogP contribution is 2.16. The lowest BCUT2D eigenvalue weighted by molar-refractivity contribution is -0.122. The zero-order chi connectivity index (χ0) is 22.0. The minimum Gasteiger partial charge on any atom is -0.355 e. The van der Waals surface area contributed by atoms with Crippen LogP contribution in [0.25, 0.3) is 0 Å². The molecule has 1 heterocycles. The van der Waals surface area contributed by atoms with Gasteiger partial charge in [0.25, 0.3) is 0 Å². The van der Waals surface area contributed by atoms with Gasteiger partial charge in [0.1, 0.15) is 6.04 Å². The number of nitrogens with one attached hydrogen (secondary N) is 2. The van der Waals surface area contributed by atoms with Gasteiger partial charge in [-0.2, -0.15) is 16.5 Å². The van der Waals surface area contributed by atoms with Gasteiger partial charge in [-0.1, -0.05) is 24.6 Å². The summed E-state index contributed by atoms with van der Waals surface area (Å²) in [7, 11) is -3.73. The number of nitrogens with zero attached hydrogens (tertiary/aromatic N) is 1. The summed E-state index contributed by atoms with van der Waals surface area (Å²) in [6.07, 6.45) is 6.95. The van der Waals surface area contributed by atoms with E-state index in [2.05, 4.69) is 21.9 Å². The average molecular weight is 456 g/mol. The van der Waals surface area contributed by atoms with Crippen molar-refractivity contribution in [2.75, 3.05) is 38.2 Å². The van der Waals surface area contributed by atoms with E-state index in [9.17, 15) is 13.2 Å². The van der Waals surface area contributed by atoms with E-state index < -0.39 is 16.1 Å². The molecule has 0 aliphatic carbocycles. The van der Waals surface area contributed by atoms with Gasteiger partial charge < -0.3 is 10.2 Å². The molecule has 8 heteroatoms. The van der Waals surface area contributed by atoms with Gasteiger partial charge in [0.05, 0.1) is 4.90 Å². The van der Waals surface area contributed by atoms with E-state index in [4.69, 9.17) is 0 Å². The molecular weight excluding hydrogens is 418 g/mol. The van der Waals surface area contributed by atoms with Crippen LogP contribution in [0.1, 0.15) is 44.6 Å². The number of rotatable bonds is 12. The summed E-state index contributed by atoms with van der Waals surface area (Å²) in [6.45, 7) is 8.20. The lowest BCUT2D eigenvalue weighted by Crippen LogP contribution is -2.47. The lowest BCUT2D eigenvalue weighted by atomic mass is 10.0. The Morgan fingerprint density at radius 2 is 2.00 bits per heavy atom. The maximum Gasteiger partial charge on any atom is 0.241 e. The second kappa shape index (κ2) is 12.7. The van der Waals surface area contributed by atoms with Gasteiger partial charge in [-0.3, -0.25) is 4.79 Å². The third kappa shape index (κ3) is 8.57. The summed E-state index contributed by atoms with van der Waals surface area (Å²) in [5, 5.41) is 2.93. The van der Waals surface area contributed by atoms with Crippen molar-refractivity contribution >= 4 is 27.7 Å². The number of benzene rings is 1. The molecule has 30 heavy (non-hydrogen) atoms. The van der Waals surface area contributed by atoms with E-state index in [1.54, 1.807) is 36.0 Å². The minimum atomic E-state index is -3.73. The SMILES string of the molecule is CSCCC(NS(=O)(=O)c1ccc(C)cc1)C(=O)NCCCCN1CCCC(C)C1. The molecule has 0 bridgehead atoms. The molecule has 170 valence electrons. The molecule has 2 N–H and O–H groups in total. The second-order valence-electron chi connectivity index (χ2n) is 8.31. The molecule has 6 nitrogen and oxygen atoms in total. The van der Waals surface area contributed by atoms with E-state index in [-0.39, 0.29) is 10.8 Å². The number of carbonyl (C=O) groups excluding carboxylic acids is 1. The summed E-state index contributed by atoms with van der Waals surface area (Å²) in [5.41, 5.74) is 0.990. The van der Waals surface area contributed by atoms with Gasteiger partial charge in [-0.25, -0.2) is 8.42 Å². The zero-order valence-corrected chi connectivity index (χ0v) is 20.2. The molecule has 1 amide bonds. The fourth-order valence-corrected chi connectivity index (χ4v) is 5.44. The highest BCUT2D eigenvalue weighted by atomic mass is 32.2. The molecule has 2 rings (SSSR count). The number of amides is 1. The van der Waals surface area contributed by atoms with Gasteiger partial charge in [-0.05, 0) is 82.2 Å². The van der Waals surface area contributed by atoms with Gasteiger partial charge >= 0.3 is 0 Å². The van der Waals surface area contributed by atoms with E-state index >= 15 is 0 Å². The third-order valence-electron chi connectivity index (χ3n) is 5.50. The summed E-state index contributed by atoms with van der Waals surface area (Å²) in [5.74, 6) is 1.24. The first-order valence-corrected chi connectivity index (χ1v) is 13.8. The summed E-state index contributed by atoms with van der Waals surface area (Å²) >= 11 is 1.60. The predicted octanol–water partition coefficient (Wildman–Crippen LogP) is 3.02. The molecule has 1 fully saturated rings. The molecule has 1 aliphatic heterocycles. The maximum atomic E-state index is 12.7. The molecule has 1 aromatic carbocycles. The van der Waals surface area contributed by atoms with Crippen molar-refractivity contribution in [3.05, 3.63) is 29.8 Å². The highest BCUT2D eigenvalue weighted by molar-refractivity contribution is 7.98. The van der Waals surface area contributed by atoms with Crippen LogP contribution in [0, 0.1) is 12.8 Å². The number of aryl methyl sites for hydroxylation is 1. The number of unbranched alkanes of at least 4 members (excludes halogenated alkanes) is 1. The van der Waals surface area contributed by atoms with Crippen LogP contribution < -0.4 is 10.0 Å². The third-order valence-corrected chi connectivity index (χ3v) is 7.63. The monoisotopic (exact) mass is 455 g/mol. The van der Waals surface area contributed by atoms with Crippen molar-refractivity contribution < 1.29 is 13.2 Å². The fourth-order valence-electron chi connectivity index (χ4n) is 3.74. The molecule has 0 radical (unpaired) electrons. The molecule has 0 aromatic heterocycles. The van der Waals surface area contributed by atoms with Gasteiger partial charge in [0, 0.05) is 13.1 Å². The number of hydrogen-bond donors (Lipinski definition) is 2. The molecule has 0 spiro atoms. The van der Waals surface area contributed by atoms with E-state index in [1.807, 2.05) is 13.2 Å². The van der Waals surface area contributed by atoms with Crippen molar-refractivity contribution in [2.45, 2.75) is 56.9 Å². The Hall–Kier alpha value is -1.09. The predicted molar refractivity (Wildman–Crippen MR) is 125 cm³/mol. The van der Waals surface area contributed by atoms with Crippen LogP contribution in [0.2, 0.25) is 0 Å². The molecule has 1 aliphatic rings. The highest BCUT2D eigenvalue weighted by Gasteiger charge is 2.25. The Morgan fingerprint density at radius 1 is 1.27 bits per heavy atom.